The summed E-state index contributed by atoms with van der Waals surface area (Å²) in [6.45, 7) is 0.284. The number of nitrogens with one attached hydrogen (secondary N) is 2. The fourth-order valence-electron chi connectivity index (χ4n) is 4.24. The molecule has 0 atom stereocenters. The van der Waals surface area contributed by atoms with Gasteiger partial charge in [0.2, 0.25) is 12.7 Å². The number of amides is 1. The van der Waals surface area contributed by atoms with E-state index in [1.807, 2.05) is 59.3 Å². The van der Waals surface area contributed by atoms with Crippen LogP contribution in [0.15, 0.2) is 72.9 Å². The number of allylic oxidation sites excluding steroid dienone is 1. The van der Waals surface area contributed by atoms with Crippen LogP contribution in [0.1, 0.15) is 11.4 Å². The van der Waals surface area contributed by atoms with E-state index in [2.05, 4.69) is 21.4 Å². The average molecular weight is 461 g/mol. The van der Waals surface area contributed by atoms with E-state index in [4.69, 9.17) is 9.47 Å². The number of benzene rings is 3. The first-order valence-electron chi connectivity index (χ1n) is 11.0. The van der Waals surface area contributed by atoms with Gasteiger partial charge in [-0.15, -0.1) is 0 Å². The molecule has 170 valence electrons. The Morgan fingerprint density at radius 2 is 1.94 bits per heavy atom. The van der Waals surface area contributed by atoms with E-state index in [0.717, 1.165) is 27.5 Å². The van der Waals surface area contributed by atoms with Crippen LogP contribution in [0.3, 0.4) is 0 Å². The number of anilines is 1. The second-order valence-corrected chi connectivity index (χ2v) is 8.12. The van der Waals surface area contributed by atoms with Gasteiger partial charge in [-0.05, 0) is 36.4 Å². The van der Waals surface area contributed by atoms with Crippen molar-refractivity contribution in [1.82, 2.24) is 14.5 Å². The van der Waals surface area contributed by atoms with Crippen molar-refractivity contribution < 1.29 is 14.3 Å². The van der Waals surface area contributed by atoms with Crippen molar-refractivity contribution in [2.75, 3.05) is 12.1 Å². The van der Waals surface area contributed by atoms with Gasteiger partial charge in [0.1, 0.15) is 18.4 Å². The lowest BCUT2D eigenvalue weighted by Gasteiger charge is -2.08. The molecule has 0 spiro atoms. The van der Waals surface area contributed by atoms with Gasteiger partial charge in [0, 0.05) is 34.4 Å². The Bertz CT molecular complexity index is 1640. The van der Waals surface area contributed by atoms with Crippen LogP contribution in [-0.4, -0.2) is 27.2 Å². The van der Waals surface area contributed by atoms with Gasteiger partial charge in [-0.25, -0.2) is 4.98 Å². The van der Waals surface area contributed by atoms with Gasteiger partial charge < -0.3 is 24.3 Å². The summed E-state index contributed by atoms with van der Waals surface area (Å²) in [7, 11) is 0. The van der Waals surface area contributed by atoms with E-state index in [-0.39, 0.29) is 19.2 Å². The highest BCUT2D eigenvalue weighted by Crippen LogP contribution is 2.34. The molecule has 0 saturated heterocycles. The van der Waals surface area contributed by atoms with Gasteiger partial charge in [0.15, 0.2) is 11.5 Å². The minimum absolute atomic E-state index is 0.106. The second kappa shape index (κ2) is 8.39. The Morgan fingerprint density at radius 3 is 2.83 bits per heavy atom. The Kier molecular flexibility index (Phi) is 4.93. The van der Waals surface area contributed by atoms with Crippen LogP contribution in [-0.2, 0) is 11.3 Å². The summed E-state index contributed by atoms with van der Waals surface area (Å²) in [5.41, 5.74) is 4.42. The predicted molar refractivity (Wildman–Crippen MR) is 133 cm³/mol. The Balaban J connectivity index is 1.31. The maximum absolute atomic E-state index is 12.8. The zero-order valence-electron chi connectivity index (χ0n) is 18.5. The number of aromatic nitrogens is 3. The molecular formula is C27H19N5O3. The monoisotopic (exact) mass is 461 g/mol. The fourth-order valence-corrected chi connectivity index (χ4v) is 4.24. The van der Waals surface area contributed by atoms with Crippen LogP contribution in [0, 0.1) is 11.3 Å². The van der Waals surface area contributed by atoms with Crippen LogP contribution >= 0.6 is 0 Å². The van der Waals surface area contributed by atoms with Gasteiger partial charge in [-0.3, -0.25) is 4.79 Å². The number of nitrogens with zero attached hydrogens (tertiary/aromatic N) is 3. The number of rotatable bonds is 5. The number of para-hydroxylation sites is 3. The third-order valence-electron chi connectivity index (χ3n) is 5.85. The number of H-pyrrole nitrogens is 1. The molecule has 5 aromatic rings. The summed E-state index contributed by atoms with van der Waals surface area (Å²) in [6.07, 6.45) is 3.68. The second-order valence-electron chi connectivity index (χ2n) is 8.12. The van der Waals surface area contributed by atoms with Crippen molar-refractivity contribution in [3.8, 4) is 17.6 Å². The molecule has 0 unspecified atom stereocenters. The number of hydrogen-bond acceptors (Lipinski definition) is 5. The minimum Gasteiger partial charge on any atom is -0.454 e. The fraction of sp³-hybridized carbons (Fsp3) is 0.0741. The molecule has 35 heavy (non-hydrogen) atoms. The lowest BCUT2D eigenvalue weighted by Crippen LogP contribution is -2.18. The van der Waals surface area contributed by atoms with E-state index in [1.165, 1.54) is 0 Å². The first kappa shape index (κ1) is 20.6. The van der Waals surface area contributed by atoms with Crippen LogP contribution in [0.5, 0.6) is 11.5 Å². The molecule has 0 fully saturated rings. The van der Waals surface area contributed by atoms with Crippen molar-refractivity contribution in [3.05, 3.63) is 84.3 Å². The molecule has 8 heteroatoms. The average Bonchev–Trinajstić information content (AvgIpc) is 3.59. The maximum Gasteiger partial charge on any atom is 0.244 e. The van der Waals surface area contributed by atoms with E-state index >= 15 is 0 Å². The zero-order chi connectivity index (χ0) is 23.8. The minimum atomic E-state index is -0.182. The normalized spacial score (nSPS) is 12.7. The SMILES string of the molecule is N#CC(=Cc1cn(CC(=O)Nc2ccc3c(c2)OCO3)c2ccccc12)c1nc2ccccc2[nH]1. The standard InChI is InChI=1S/C27H19N5O3/c28-13-17(27-30-21-6-2-3-7-22(21)31-27)11-18-14-32(23-8-4-1-5-20(18)23)15-26(33)29-19-9-10-24-25(12-19)35-16-34-24/h1-12,14H,15-16H2,(H,29,33)(H,30,31). The van der Waals surface area contributed by atoms with Crippen molar-refractivity contribution in [2.45, 2.75) is 6.54 Å². The Hall–Kier alpha value is -5.03. The first-order valence-corrected chi connectivity index (χ1v) is 11.0. The maximum atomic E-state index is 12.8. The summed E-state index contributed by atoms with van der Waals surface area (Å²) < 4.78 is 12.6. The molecule has 3 heterocycles. The molecule has 0 saturated carbocycles. The van der Waals surface area contributed by atoms with E-state index < -0.39 is 0 Å². The van der Waals surface area contributed by atoms with Crippen molar-refractivity contribution in [3.63, 3.8) is 0 Å². The summed E-state index contributed by atoms with van der Waals surface area (Å²) in [5.74, 6) is 1.59. The van der Waals surface area contributed by atoms with Crippen molar-refractivity contribution in [1.29, 1.82) is 5.26 Å². The smallest absolute Gasteiger partial charge is 0.244 e. The summed E-state index contributed by atoms with van der Waals surface area (Å²) in [6, 6.07) is 23.0. The number of ether oxygens (including phenoxy) is 2. The van der Waals surface area contributed by atoms with Gasteiger partial charge in [-0.2, -0.15) is 5.26 Å². The van der Waals surface area contributed by atoms with Crippen LogP contribution in [0.25, 0.3) is 33.6 Å². The van der Waals surface area contributed by atoms with Gasteiger partial charge in [0.05, 0.1) is 16.6 Å². The molecular weight excluding hydrogens is 442 g/mol. The molecule has 2 N–H and O–H groups in total. The molecule has 0 aliphatic carbocycles. The van der Waals surface area contributed by atoms with Gasteiger partial charge in [0.25, 0.3) is 0 Å². The highest BCUT2D eigenvalue weighted by atomic mass is 16.7. The van der Waals surface area contributed by atoms with Gasteiger partial charge >= 0.3 is 0 Å². The third-order valence-corrected chi connectivity index (χ3v) is 5.85. The molecule has 1 amide bonds. The number of nitriles is 1. The van der Waals surface area contributed by atoms with E-state index in [0.29, 0.717) is 28.6 Å². The molecule has 6 rings (SSSR count). The lowest BCUT2D eigenvalue weighted by atomic mass is 10.1. The first-order chi connectivity index (χ1) is 17.2. The summed E-state index contributed by atoms with van der Waals surface area (Å²) in [5, 5.41) is 13.7. The van der Waals surface area contributed by atoms with E-state index in [9.17, 15) is 10.1 Å². The number of hydrogen-bond donors (Lipinski definition) is 2. The molecule has 3 aromatic carbocycles. The molecule has 0 radical (unpaired) electrons. The zero-order valence-corrected chi connectivity index (χ0v) is 18.5. The summed E-state index contributed by atoms with van der Waals surface area (Å²) in [4.78, 5) is 20.6. The Morgan fingerprint density at radius 1 is 1.11 bits per heavy atom. The Labute approximate surface area is 200 Å². The predicted octanol–water partition coefficient (Wildman–Crippen LogP) is 4.95. The van der Waals surface area contributed by atoms with Gasteiger partial charge in [-0.1, -0.05) is 30.3 Å². The molecule has 1 aliphatic heterocycles. The number of fused-ring (bicyclic) bond motifs is 3. The number of carbonyl (C=O) groups excluding carboxylic acids is 1. The highest BCUT2D eigenvalue weighted by Gasteiger charge is 2.16. The number of aromatic amines is 1. The topological polar surface area (TPSA) is 105 Å². The van der Waals surface area contributed by atoms with Crippen molar-refractivity contribution >= 4 is 45.2 Å². The van der Waals surface area contributed by atoms with E-state index in [1.54, 1.807) is 24.3 Å². The molecule has 8 nitrogen and oxygen atoms in total. The van der Waals surface area contributed by atoms with Crippen LogP contribution < -0.4 is 14.8 Å². The van der Waals surface area contributed by atoms with Crippen molar-refractivity contribution in [2.24, 2.45) is 0 Å². The largest absolute Gasteiger partial charge is 0.454 e. The highest BCUT2D eigenvalue weighted by molar-refractivity contribution is 5.99. The molecule has 1 aliphatic rings. The summed E-state index contributed by atoms with van der Waals surface area (Å²) >= 11 is 0. The number of imidazole rings is 1. The molecule has 2 aromatic heterocycles. The van der Waals surface area contributed by atoms with Crippen LogP contribution in [0.4, 0.5) is 5.69 Å². The number of carbonyl (C=O) groups is 1. The quantitative estimate of drug-likeness (QED) is 0.360. The van der Waals surface area contributed by atoms with Crippen LogP contribution in [0.2, 0.25) is 0 Å². The third kappa shape index (κ3) is 3.85. The molecule has 0 bridgehead atoms. The lowest BCUT2D eigenvalue weighted by molar-refractivity contribution is -0.116.